The predicted molar refractivity (Wildman–Crippen MR) is 69.5 cm³/mol. The van der Waals surface area contributed by atoms with Gasteiger partial charge in [-0.3, -0.25) is 9.67 Å². The first-order valence-electron chi connectivity index (χ1n) is 5.37. The number of benzene rings is 1. The van der Waals surface area contributed by atoms with Crippen LogP contribution in [0.4, 0.5) is 0 Å². The highest BCUT2D eigenvalue weighted by Crippen LogP contribution is 2.25. The third-order valence-corrected chi connectivity index (χ3v) is 2.74. The molecule has 2 aromatic rings. The van der Waals surface area contributed by atoms with E-state index in [2.05, 4.69) is 31.0 Å². The monoisotopic (exact) mass is 249 g/mol. The lowest BCUT2D eigenvalue weighted by molar-refractivity contribution is 0.395. The normalized spacial score (nSPS) is 11.7. The van der Waals surface area contributed by atoms with Crippen LogP contribution >= 0.6 is 12.2 Å². The summed E-state index contributed by atoms with van der Waals surface area (Å²) in [5, 5.41) is 16.3. The van der Waals surface area contributed by atoms with Crippen LogP contribution in [0.15, 0.2) is 24.3 Å². The highest BCUT2D eigenvalue weighted by atomic mass is 32.1. The van der Waals surface area contributed by atoms with E-state index >= 15 is 0 Å². The summed E-state index contributed by atoms with van der Waals surface area (Å²) in [6.45, 7) is 6.21. The van der Waals surface area contributed by atoms with Gasteiger partial charge in [-0.2, -0.15) is 5.10 Å². The van der Waals surface area contributed by atoms with Crippen LogP contribution in [0.1, 0.15) is 20.8 Å². The molecule has 0 aliphatic heterocycles. The van der Waals surface area contributed by atoms with Crippen LogP contribution in [0.2, 0.25) is 0 Å². The molecule has 0 fully saturated rings. The van der Waals surface area contributed by atoms with Crippen molar-refractivity contribution in [2.45, 2.75) is 26.3 Å². The van der Waals surface area contributed by atoms with Crippen LogP contribution in [0.3, 0.4) is 0 Å². The lowest BCUT2D eigenvalue weighted by atomic mass is 10.1. The zero-order valence-corrected chi connectivity index (χ0v) is 10.9. The summed E-state index contributed by atoms with van der Waals surface area (Å²) in [7, 11) is 0. The van der Waals surface area contributed by atoms with E-state index in [9.17, 15) is 5.11 Å². The third kappa shape index (κ3) is 2.24. The van der Waals surface area contributed by atoms with E-state index in [1.54, 1.807) is 12.1 Å². The van der Waals surface area contributed by atoms with Crippen LogP contribution in [-0.2, 0) is 5.54 Å². The molecule has 17 heavy (non-hydrogen) atoms. The molecule has 4 nitrogen and oxygen atoms in total. The second-order valence-electron chi connectivity index (χ2n) is 4.91. The van der Waals surface area contributed by atoms with E-state index in [1.165, 1.54) is 0 Å². The van der Waals surface area contributed by atoms with Gasteiger partial charge >= 0.3 is 0 Å². The molecule has 2 rings (SSSR count). The average molecular weight is 249 g/mol. The van der Waals surface area contributed by atoms with Crippen LogP contribution in [0.5, 0.6) is 5.75 Å². The molecule has 0 amide bonds. The largest absolute Gasteiger partial charge is 0.508 e. The fourth-order valence-corrected chi connectivity index (χ4v) is 2.13. The van der Waals surface area contributed by atoms with Crippen molar-refractivity contribution in [1.82, 2.24) is 14.8 Å². The molecule has 0 atom stereocenters. The highest BCUT2D eigenvalue weighted by molar-refractivity contribution is 7.71. The Morgan fingerprint density at radius 2 is 1.82 bits per heavy atom. The summed E-state index contributed by atoms with van der Waals surface area (Å²) in [5.74, 6) is 1.02. The first-order chi connectivity index (χ1) is 7.89. The van der Waals surface area contributed by atoms with Gasteiger partial charge in [-0.25, -0.2) is 0 Å². The maximum Gasteiger partial charge on any atom is 0.195 e. The van der Waals surface area contributed by atoms with Gasteiger partial charge in [0.15, 0.2) is 10.6 Å². The van der Waals surface area contributed by atoms with Crippen molar-refractivity contribution in [1.29, 1.82) is 0 Å². The fraction of sp³-hybridized carbons (Fsp3) is 0.333. The molecule has 0 aliphatic carbocycles. The van der Waals surface area contributed by atoms with Crippen molar-refractivity contribution in [2.24, 2.45) is 0 Å². The Bertz CT molecular complexity index is 575. The van der Waals surface area contributed by atoms with Gasteiger partial charge in [0, 0.05) is 11.1 Å². The van der Waals surface area contributed by atoms with Gasteiger partial charge in [-0.05, 0) is 57.3 Å². The number of nitrogens with zero attached hydrogens (tertiary/aromatic N) is 2. The number of aromatic hydroxyl groups is 1. The second kappa shape index (κ2) is 4.00. The Hall–Kier alpha value is -1.62. The number of H-pyrrole nitrogens is 1. The standard InChI is InChI=1S/C12H15N3OS/c1-12(2,3)15-10(13-14-11(15)17)8-4-6-9(16)7-5-8/h4-7,16H,1-3H3,(H,14,17). The SMILES string of the molecule is CC(C)(C)n1c(-c2ccc(O)cc2)n[nH]c1=S. The number of rotatable bonds is 1. The Balaban J connectivity index is 2.61. The van der Waals surface area contributed by atoms with Crippen LogP contribution in [0, 0.1) is 4.77 Å². The maximum atomic E-state index is 9.28. The Morgan fingerprint density at radius 1 is 1.24 bits per heavy atom. The van der Waals surface area contributed by atoms with Gasteiger partial charge in [-0.15, -0.1) is 0 Å². The number of aromatic amines is 1. The summed E-state index contributed by atoms with van der Waals surface area (Å²) in [4.78, 5) is 0. The minimum absolute atomic E-state index is 0.142. The molecule has 0 unspecified atom stereocenters. The summed E-state index contributed by atoms with van der Waals surface area (Å²) in [6.07, 6.45) is 0. The molecule has 0 spiro atoms. The minimum Gasteiger partial charge on any atom is -0.508 e. The highest BCUT2D eigenvalue weighted by Gasteiger charge is 2.20. The first-order valence-corrected chi connectivity index (χ1v) is 5.78. The first kappa shape index (κ1) is 11.9. The molecular formula is C12H15N3OS. The molecular weight excluding hydrogens is 234 g/mol. The molecule has 0 bridgehead atoms. The summed E-state index contributed by atoms with van der Waals surface area (Å²) < 4.78 is 2.56. The molecule has 0 aliphatic rings. The van der Waals surface area contributed by atoms with Crippen LogP contribution in [-0.4, -0.2) is 19.9 Å². The Morgan fingerprint density at radius 3 is 2.35 bits per heavy atom. The minimum atomic E-state index is -0.142. The molecule has 5 heteroatoms. The number of phenols is 1. The van der Waals surface area contributed by atoms with Crippen molar-refractivity contribution in [3.63, 3.8) is 0 Å². The number of hydrogen-bond donors (Lipinski definition) is 2. The zero-order chi connectivity index (χ0) is 12.6. The lowest BCUT2D eigenvalue weighted by Crippen LogP contribution is -2.22. The number of hydrogen-bond acceptors (Lipinski definition) is 3. The van der Waals surface area contributed by atoms with Crippen molar-refractivity contribution in [3.05, 3.63) is 29.0 Å². The van der Waals surface area contributed by atoms with E-state index in [1.807, 2.05) is 16.7 Å². The van der Waals surface area contributed by atoms with Crippen molar-refractivity contribution in [2.75, 3.05) is 0 Å². The van der Waals surface area contributed by atoms with Gasteiger partial charge in [-0.1, -0.05) is 0 Å². The van der Waals surface area contributed by atoms with E-state index in [-0.39, 0.29) is 11.3 Å². The molecule has 0 saturated heterocycles. The maximum absolute atomic E-state index is 9.28. The van der Waals surface area contributed by atoms with Crippen LogP contribution < -0.4 is 0 Å². The molecule has 1 heterocycles. The summed E-state index contributed by atoms with van der Waals surface area (Å²) in [6, 6.07) is 6.92. The third-order valence-electron chi connectivity index (χ3n) is 2.47. The average Bonchev–Trinajstić information content (AvgIpc) is 2.61. The fourth-order valence-electron chi connectivity index (χ4n) is 1.72. The number of aromatic nitrogens is 3. The molecule has 2 N–H and O–H groups in total. The van der Waals surface area contributed by atoms with E-state index in [0.29, 0.717) is 4.77 Å². The molecule has 1 aromatic carbocycles. The van der Waals surface area contributed by atoms with Crippen molar-refractivity contribution in [3.8, 4) is 17.1 Å². The lowest BCUT2D eigenvalue weighted by Gasteiger charge is -2.22. The predicted octanol–water partition coefficient (Wildman–Crippen LogP) is 3.07. The molecule has 0 saturated carbocycles. The Labute approximate surface area is 105 Å². The second-order valence-corrected chi connectivity index (χ2v) is 5.29. The van der Waals surface area contributed by atoms with E-state index in [4.69, 9.17) is 12.2 Å². The topological polar surface area (TPSA) is 53.8 Å². The van der Waals surface area contributed by atoms with Gasteiger partial charge < -0.3 is 5.11 Å². The van der Waals surface area contributed by atoms with E-state index < -0.39 is 0 Å². The Kier molecular flexibility index (Phi) is 2.79. The van der Waals surface area contributed by atoms with Gasteiger partial charge in [0.25, 0.3) is 0 Å². The van der Waals surface area contributed by atoms with Crippen molar-refractivity contribution < 1.29 is 5.11 Å². The zero-order valence-electron chi connectivity index (χ0n) is 10.1. The summed E-state index contributed by atoms with van der Waals surface area (Å²) >= 11 is 5.24. The number of phenolic OH excluding ortho intramolecular Hbond substituents is 1. The van der Waals surface area contributed by atoms with Crippen molar-refractivity contribution >= 4 is 12.2 Å². The molecule has 1 aromatic heterocycles. The van der Waals surface area contributed by atoms with Crippen LogP contribution in [0.25, 0.3) is 11.4 Å². The van der Waals surface area contributed by atoms with Gasteiger partial charge in [0.2, 0.25) is 0 Å². The van der Waals surface area contributed by atoms with Gasteiger partial charge in [0.05, 0.1) is 0 Å². The number of nitrogens with one attached hydrogen (secondary N) is 1. The van der Waals surface area contributed by atoms with E-state index in [0.717, 1.165) is 11.4 Å². The summed E-state index contributed by atoms with van der Waals surface area (Å²) in [5.41, 5.74) is 0.780. The smallest absolute Gasteiger partial charge is 0.195 e. The molecule has 90 valence electrons. The molecule has 0 radical (unpaired) electrons. The quantitative estimate of drug-likeness (QED) is 0.764. The van der Waals surface area contributed by atoms with Gasteiger partial charge in [0.1, 0.15) is 5.75 Å².